The summed E-state index contributed by atoms with van der Waals surface area (Å²) in [5.41, 5.74) is 13.6. The summed E-state index contributed by atoms with van der Waals surface area (Å²) in [6.07, 6.45) is 0. The van der Waals surface area contributed by atoms with Crippen LogP contribution < -0.4 is 16.2 Å². The van der Waals surface area contributed by atoms with Crippen LogP contribution in [-0.4, -0.2) is 0 Å². The summed E-state index contributed by atoms with van der Waals surface area (Å²) >= 11 is 0. The maximum Gasteiger partial charge on any atom is 0.152 e. The van der Waals surface area contributed by atoms with Gasteiger partial charge < -0.3 is 16.2 Å². The summed E-state index contributed by atoms with van der Waals surface area (Å²) < 4.78 is 5.72. The highest BCUT2D eigenvalue weighted by Gasteiger charge is 2.05. The molecule has 0 aliphatic rings. The fraction of sp³-hybridized carbons (Fsp3) is 0.0769. The fourth-order valence-electron chi connectivity index (χ4n) is 1.44. The average Bonchev–Trinajstić information content (AvgIpc) is 2.28. The van der Waals surface area contributed by atoms with E-state index in [-0.39, 0.29) is 0 Å². The largest absolute Gasteiger partial charge is 0.455 e. The Hall–Kier alpha value is -2.16. The van der Waals surface area contributed by atoms with E-state index < -0.39 is 0 Å². The van der Waals surface area contributed by atoms with Gasteiger partial charge in [-0.25, -0.2) is 0 Å². The van der Waals surface area contributed by atoms with Crippen molar-refractivity contribution in [3.8, 4) is 11.5 Å². The molecule has 0 aromatic heterocycles. The van der Waals surface area contributed by atoms with Gasteiger partial charge in [-0.2, -0.15) is 0 Å². The molecule has 3 nitrogen and oxygen atoms in total. The molecule has 2 aromatic rings. The van der Waals surface area contributed by atoms with E-state index >= 15 is 0 Å². The highest BCUT2D eigenvalue weighted by atomic mass is 16.5. The summed E-state index contributed by atoms with van der Waals surface area (Å²) in [5, 5.41) is 0. The van der Waals surface area contributed by atoms with Gasteiger partial charge in [-0.3, -0.25) is 0 Å². The van der Waals surface area contributed by atoms with Crippen LogP contribution in [0, 0.1) is 6.92 Å². The van der Waals surface area contributed by atoms with Crippen molar-refractivity contribution in [3.63, 3.8) is 0 Å². The van der Waals surface area contributed by atoms with Gasteiger partial charge in [0, 0.05) is 0 Å². The van der Waals surface area contributed by atoms with Crippen molar-refractivity contribution in [1.29, 1.82) is 0 Å². The lowest BCUT2D eigenvalue weighted by molar-refractivity contribution is 0.481. The molecular formula is C13H14N2O. The molecule has 0 radical (unpaired) electrons. The molecule has 0 fully saturated rings. The van der Waals surface area contributed by atoms with E-state index in [9.17, 15) is 0 Å². The normalized spacial score (nSPS) is 10.1. The number of hydrogen-bond donors (Lipinski definition) is 2. The Kier molecular flexibility index (Phi) is 2.68. The van der Waals surface area contributed by atoms with Gasteiger partial charge in [0.05, 0.1) is 11.4 Å². The third-order valence-corrected chi connectivity index (χ3v) is 2.41. The molecule has 2 rings (SSSR count). The Morgan fingerprint density at radius 3 is 2.31 bits per heavy atom. The molecule has 0 aliphatic carbocycles. The minimum absolute atomic E-state index is 0.478. The molecule has 0 spiro atoms. The lowest BCUT2D eigenvalue weighted by Crippen LogP contribution is -1.97. The third-order valence-electron chi connectivity index (χ3n) is 2.41. The van der Waals surface area contributed by atoms with Crippen molar-refractivity contribution in [2.24, 2.45) is 0 Å². The number of para-hydroxylation sites is 2. The topological polar surface area (TPSA) is 61.3 Å². The van der Waals surface area contributed by atoms with Crippen molar-refractivity contribution in [2.45, 2.75) is 6.92 Å². The predicted molar refractivity (Wildman–Crippen MR) is 66.5 cm³/mol. The number of rotatable bonds is 2. The van der Waals surface area contributed by atoms with Crippen LogP contribution in [0.2, 0.25) is 0 Å². The Bertz CT molecular complexity index is 509. The molecule has 0 aliphatic heterocycles. The maximum atomic E-state index is 5.83. The zero-order valence-corrected chi connectivity index (χ0v) is 9.10. The van der Waals surface area contributed by atoms with Crippen molar-refractivity contribution in [2.75, 3.05) is 11.5 Å². The Morgan fingerprint density at radius 1 is 0.875 bits per heavy atom. The van der Waals surface area contributed by atoms with Crippen LogP contribution in [0.3, 0.4) is 0 Å². The van der Waals surface area contributed by atoms with E-state index in [1.54, 1.807) is 12.1 Å². The second-order valence-electron chi connectivity index (χ2n) is 3.63. The van der Waals surface area contributed by atoms with Crippen LogP contribution in [0.15, 0.2) is 42.5 Å². The molecule has 0 saturated heterocycles. The smallest absolute Gasteiger partial charge is 0.152 e. The summed E-state index contributed by atoms with van der Waals surface area (Å²) in [7, 11) is 0. The summed E-state index contributed by atoms with van der Waals surface area (Å²) in [4.78, 5) is 0. The minimum atomic E-state index is 0.478. The van der Waals surface area contributed by atoms with Crippen LogP contribution in [0.4, 0.5) is 11.4 Å². The quantitative estimate of drug-likeness (QED) is 0.755. The lowest BCUT2D eigenvalue weighted by Gasteiger charge is -2.11. The van der Waals surface area contributed by atoms with Gasteiger partial charge in [0.25, 0.3) is 0 Å². The van der Waals surface area contributed by atoms with E-state index in [2.05, 4.69) is 0 Å². The van der Waals surface area contributed by atoms with Gasteiger partial charge in [0.1, 0.15) is 5.75 Å². The summed E-state index contributed by atoms with van der Waals surface area (Å²) in [5.74, 6) is 1.38. The van der Waals surface area contributed by atoms with Crippen LogP contribution in [0.1, 0.15) is 5.56 Å². The van der Waals surface area contributed by atoms with Gasteiger partial charge in [-0.15, -0.1) is 0 Å². The van der Waals surface area contributed by atoms with Crippen LogP contribution in [0.5, 0.6) is 11.5 Å². The van der Waals surface area contributed by atoms with Gasteiger partial charge in [0.2, 0.25) is 0 Å². The van der Waals surface area contributed by atoms with Gasteiger partial charge in [-0.05, 0) is 30.7 Å². The van der Waals surface area contributed by atoms with Crippen molar-refractivity contribution >= 4 is 11.4 Å². The molecule has 0 bridgehead atoms. The van der Waals surface area contributed by atoms with Crippen molar-refractivity contribution in [3.05, 3.63) is 48.0 Å². The molecular weight excluding hydrogens is 200 g/mol. The van der Waals surface area contributed by atoms with E-state index in [1.807, 2.05) is 37.3 Å². The third kappa shape index (κ3) is 1.93. The highest BCUT2D eigenvalue weighted by molar-refractivity contribution is 5.71. The van der Waals surface area contributed by atoms with Gasteiger partial charge in [-0.1, -0.05) is 24.3 Å². The first-order valence-corrected chi connectivity index (χ1v) is 5.06. The fourth-order valence-corrected chi connectivity index (χ4v) is 1.44. The molecule has 0 unspecified atom stereocenters. The number of nitrogens with two attached hydrogens (primary N) is 2. The molecule has 0 amide bonds. The highest BCUT2D eigenvalue weighted by Crippen LogP contribution is 2.32. The summed E-state index contributed by atoms with van der Waals surface area (Å²) in [6.45, 7) is 1.98. The lowest BCUT2D eigenvalue weighted by atomic mass is 10.2. The molecule has 4 N–H and O–H groups in total. The zero-order valence-electron chi connectivity index (χ0n) is 9.10. The number of hydrogen-bond acceptors (Lipinski definition) is 3. The van der Waals surface area contributed by atoms with Crippen LogP contribution >= 0.6 is 0 Å². The Labute approximate surface area is 94.6 Å². The first kappa shape index (κ1) is 10.4. The molecule has 0 heterocycles. The van der Waals surface area contributed by atoms with Crippen molar-refractivity contribution in [1.82, 2.24) is 0 Å². The van der Waals surface area contributed by atoms with Crippen LogP contribution in [-0.2, 0) is 0 Å². The number of anilines is 2. The predicted octanol–water partition coefficient (Wildman–Crippen LogP) is 2.95. The SMILES string of the molecule is Cc1ccccc1Oc1cccc(N)c1N. The first-order valence-electron chi connectivity index (χ1n) is 5.06. The molecule has 0 atom stereocenters. The monoisotopic (exact) mass is 214 g/mol. The zero-order chi connectivity index (χ0) is 11.5. The second kappa shape index (κ2) is 4.14. The molecule has 3 heteroatoms. The molecule has 2 aromatic carbocycles. The van der Waals surface area contributed by atoms with E-state index in [0.717, 1.165) is 11.3 Å². The number of benzene rings is 2. The number of nitrogen functional groups attached to an aromatic ring is 2. The first-order chi connectivity index (χ1) is 7.68. The Morgan fingerprint density at radius 2 is 1.56 bits per heavy atom. The number of ether oxygens (including phenoxy) is 1. The molecule has 0 saturated carbocycles. The minimum Gasteiger partial charge on any atom is -0.455 e. The van der Waals surface area contributed by atoms with E-state index in [4.69, 9.17) is 16.2 Å². The second-order valence-corrected chi connectivity index (χ2v) is 3.63. The molecule has 82 valence electrons. The van der Waals surface area contributed by atoms with Crippen molar-refractivity contribution < 1.29 is 4.74 Å². The Balaban J connectivity index is 2.35. The van der Waals surface area contributed by atoms with E-state index in [1.165, 1.54) is 0 Å². The van der Waals surface area contributed by atoms with Crippen LogP contribution in [0.25, 0.3) is 0 Å². The number of aryl methyl sites for hydroxylation is 1. The van der Waals surface area contributed by atoms with Gasteiger partial charge in [0.15, 0.2) is 5.75 Å². The average molecular weight is 214 g/mol. The van der Waals surface area contributed by atoms with Gasteiger partial charge >= 0.3 is 0 Å². The standard InChI is InChI=1S/C13H14N2O/c1-9-5-2-3-7-11(9)16-12-8-4-6-10(14)13(12)15/h2-8H,14-15H2,1H3. The molecule has 16 heavy (non-hydrogen) atoms. The maximum absolute atomic E-state index is 5.83. The van der Waals surface area contributed by atoms with E-state index in [0.29, 0.717) is 17.1 Å². The summed E-state index contributed by atoms with van der Waals surface area (Å²) in [6, 6.07) is 13.1.